The van der Waals surface area contributed by atoms with Crippen LogP contribution in [0.5, 0.6) is 0 Å². The number of carbonyl (C=O) groups excluding carboxylic acids is 1. The van der Waals surface area contributed by atoms with Gasteiger partial charge in [-0.1, -0.05) is 30.3 Å². The van der Waals surface area contributed by atoms with E-state index in [0.717, 1.165) is 0 Å². The first-order valence-corrected chi connectivity index (χ1v) is 19.5. The zero-order valence-electron chi connectivity index (χ0n) is 31.3. The van der Waals surface area contributed by atoms with Crippen LogP contribution in [0.3, 0.4) is 0 Å². The Labute approximate surface area is 315 Å². The molecule has 1 aromatic carbocycles. The largest absolute Gasteiger partial charge is 0.469 e. The molecule has 0 spiro atoms. The van der Waals surface area contributed by atoms with E-state index in [0.29, 0.717) is 158 Å². The molecule has 18 heteroatoms. The second-order valence-electron chi connectivity index (χ2n) is 10.7. The molecule has 0 saturated carbocycles. The Morgan fingerprint density at radius 1 is 0.415 bits per heavy atom. The summed E-state index contributed by atoms with van der Waals surface area (Å²) in [6.45, 7) is 10.4. The predicted octanol–water partition coefficient (Wildman–Crippen LogP) is 1.30. The van der Waals surface area contributed by atoms with E-state index >= 15 is 0 Å². The summed E-state index contributed by atoms with van der Waals surface area (Å²) in [6, 6.07) is 8.87. The minimum atomic E-state index is -3.64. The second kappa shape index (κ2) is 38.4. The van der Waals surface area contributed by atoms with E-state index < -0.39 is 10.1 Å². The van der Waals surface area contributed by atoms with Crippen LogP contribution in [-0.2, 0) is 86.4 Å². The van der Waals surface area contributed by atoms with Gasteiger partial charge in [0.2, 0.25) is 0 Å². The highest BCUT2D eigenvalue weighted by Gasteiger charge is 2.12. The fourth-order valence-corrected chi connectivity index (χ4v) is 4.82. The molecule has 0 saturated heterocycles. The molecule has 53 heavy (non-hydrogen) atoms. The molecule has 17 nitrogen and oxygen atoms in total. The molecule has 0 bridgehead atoms. The maximum absolute atomic E-state index is 11.9. The Kier molecular flexibility index (Phi) is 35.6. The van der Waals surface area contributed by atoms with E-state index in [1.165, 1.54) is 7.11 Å². The van der Waals surface area contributed by atoms with E-state index in [9.17, 15) is 13.2 Å². The molecule has 0 N–H and O–H groups in total. The van der Waals surface area contributed by atoms with Crippen LogP contribution in [0.15, 0.2) is 30.3 Å². The maximum Gasteiger partial charge on any atom is 0.307 e. The van der Waals surface area contributed by atoms with Crippen molar-refractivity contribution in [3.8, 4) is 0 Å². The van der Waals surface area contributed by atoms with Crippen molar-refractivity contribution >= 4 is 16.1 Å². The minimum Gasteiger partial charge on any atom is -0.469 e. The lowest BCUT2D eigenvalue weighted by Crippen LogP contribution is -2.16. The molecule has 0 fully saturated rings. The third kappa shape index (κ3) is 36.8. The lowest BCUT2D eigenvalue weighted by molar-refractivity contribution is -0.141. The smallest absolute Gasteiger partial charge is 0.307 e. The topological polar surface area (TPSA) is 180 Å². The van der Waals surface area contributed by atoms with Crippen LogP contribution >= 0.6 is 0 Å². The van der Waals surface area contributed by atoms with Crippen molar-refractivity contribution in [1.29, 1.82) is 0 Å². The monoisotopic (exact) mass is 786 g/mol. The van der Waals surface area contributed by atoms with Gasteiger partial charge in [0.25, 0.3) is 10.1 Å². The van der Waals surface area contributed by atoms with Crippen molar-refractivity contribution in [2.24, 2.45) is 0 Å². The molecule has 0 aliphatic rings. The average molecular weight is 787 g/mol. The van der Waals surface area contributed by atoms with Crippen LogP contribution < -0.4 is 0 Å². The molecule has 310 valence electrons. The summed E-state index contributed by atoms with van der Waals surface area (Å²) in [5.74, 6) is -0.458. The van der Waals surface area contributed by atoms with Crippen molar-refractivity contribution in [1.82, 2.24) is 0 Å². The Morgan fingerprint density at radius 2 is 0.679 bits per heavy atom. The number of hydrogen-bond acceptors (Lipinski definition) is 17. The van der Waals surface area contributed by atoms with Gasteiger partial charge < -0.3 is 61.6 Å². The molecular formula is C35H62O17S. The number of rotatable bonds is 42. The third-order valence-electron chi connectivity index (χ3n) is 6.45. The summed E-state index contributed by atoms with van der Waals surface area (Å²) in [5.41, 5.74) is 0.676. The van der Waals surface area contributed by atoms with Crippen molar-refractivity contribution in [2.75, 3.05) is 172 Å². The highest BCUT2D eigenvalue weighted by atomic mass is 32.2. The molecule has 0 aliphatic carbocycles. The first-order valence-electron chi connectivity index (χ1n) is 17.9. The van der Waals surface area contributed by atoms with Gasteiger partial charge >= 0.3 is 5.97 Å². The quantitative estimate of drug-likeness (QED) is 0.0525. The summed E-state index contributed by atoms with van der Waals surface area (Å²) in [7, 11) is -2.29. The lowest BCUT2D eigenvalue weighted by atomic mass is 10.2. The normalized spacial score (nSPS) is 11.7. The minimum absolute atomic E-state index is 0.0382. The van der Waals surface area contributed by atoms with Crippen LogP contribution in [0.1, 0.15) is 12.0 Å². The molecule has 0 aromatic heterocycles. The van der Waals surface area contributed by atoms with Gasteiger partial charge in [-0.25, -0.2) is 0 Å². The van der Waals surface area contributed by atoms with Gasteiger partial charge in [-0.3, -0.25) is 8.98 Å². The number of hydrogen-bond donors (Lipinski definition) is 0. The van der Waals surface area contributed by atoms with Crippen molar-refractivity contribution < 1.29 is 79.0 Å². The van der Waals surface area contributed by atoms with Gasteiger partial charge in [-0.05, 0) is 5.56 Å². The molecule has 0 aliphatic heterocycles. The first kappa shape index (κ1) is 49.1. The van der Waals surface area contributed by atoms with Gasteiger partial charge in [0.1, 0.15) is 5.75 Å². The van der Waals surface area contributed by atoms with Gasteiger partial charge in [0.15, 0.2) is 0 Å². The number of benzene rings is 1. The van der Waals surface area contributed by atoms with E-state index in [4.69, 9.17) is 61.0 Å². The average Bonchev–Trinajstić information content (AvgIpc) is 3.15. The van der Waals surface area contributed by atoms with Crippen LogP contribution in [-0.4, -0.2) is 187 Å². The standard InChI is InChI=1S/C35H62O17S/c1-39-35(36)7-8-40-9-10-41-11-12-42-13-14-43-15-16-44-17-18-45-19-20-46-21-22-47-23-24-48-25-26-49-27-28-50-29-30-51-31-32-52-53(37,38)33-34-5-3-2-4-6-34/h2-6H,7-33H2,1H3. The van der Waals surface area contributed by atoms with Gasteiger partial charge in [-0.15, -0.1) is 0 Å². The predicted molar refractivity (Wildman–Crippen MR) is 191 cm³/mol. The van der Waals surface area contributed by atoms with Crippen LogP contribution in [0.25, 0.3) is 0 Å². The summed E-state index contributed by atoms with van der Waals surface area (Å²) in [5, 5.41) is 0. The van der Waals surface area contributed by atoms with Crippen LogP contribution in [0.4, 0.5) is 0 Å². The zero-order valence-corrected chi connectivity index (χ0v) is 32.1. The number of esters is 1. The van der Waals surface area contributed by atoms with E-state index in [2.05, 4.69) is 4.74 Å². The zero-order chi connectivity index (χ0) is 38.2. The van der Waals surface area contributed by atoms with E-state index in [-0.39, 0.29) is 31.4 Å². The van der Waals surface area contributed by atoms with Gasteiger partial charge in [0.05, 0.1) is 179 Å². The molecule has 0 atom stereocenters. The Bertz CT molecular complexity index is 1020. The Hall–Kier alpha value is -1.88. The highest BCUT2D eigenvalue weighted by molar-refractivity contribution is 7.85. The fourth-order valence-electron chi connectivity index (χ4n) is 3.82. The highest BCUT2D eigenvalue weighted by Crippen LogP contribution is 2.07. The summed E-state index contributed by atoms with van der Waals surface area (Å²) in [4.78, 5) is 10.9. The van der Waals surface area contributed by atoms with Crippen LogP contribution in [0, 0.1) is 0 Å². The summed E-state index contributed by atoms with van der Waals surface area (Å²) >= 11 is 0. The van der Waals surface area contributed by atoms with Crippen LogP contribution in [0.2, 0.25) is 0 Å². The number of methoxy groups -OCH3 is 1. The van der Waals surface area contributed by atoms with Crippen molar-refractivity contribution in [3.05, 3.63) is 35.9 Å². The third-order valence-corrected chi connectivity index (χ3v) is 7.66. The summed E-state index contributed by atoms with van der Waals surface area (Å²) < 4.78 is 98.4. The van der Waals surface area contributed by atoms with E-state index in [1.54, 1.807) is 24.3 Å². The molecular weight excluding hydrogens is 724 g/mol. The van der Waals surface area contributed by atoms with Crippen molar-refractivity contribution in [3.63, 3.8) is 0 Å². The number of carbonyl (C=O) groups is 1. The fraction of sp³-hybridized carbons (Fsp3) is 0.800. The number of ether oxygens (including phenoxy) is 13. The molecule has 0 amide bonds. The maximum atomic E-state index is 11.9. The second-order valence-corrected chi connectivity index (χ2v) is 12.3. The molecule has 1 rings (SSSR count). The van der Waals surface area contributed by atoms with E-state index in [1.807, 2.05) is 6.07 Å². The van der Waals surface area contributed by atoms with Crippen molar-refractivity contribution in [2.45, 2.75) is 12.2 Å². The Morgan fingerprint density at radius 3 is 0.962 bits per heavy atom. The lowest BCUT2D eigenvalue weighted by Gasteiger charge is -2.09. The Balaban J connectivity index is 1.65. The molecule has 0 heterocycles. The summed E-state index contributed by atoms with van der Waals surface area (Å²) in [6.07, 6.45) is 0.237. The first-order chi connectivity index (χ1) is 26.0. The van der Waals surface area contributed by atoms with Gasteiger partial charge in [-0.2, -0.15) is 8.42 Å². The molecule has 0 radical (unpaired) electrons. The van der Waals surface area contributed by atoms with Gasteiger partial charge in [0, 0.05) is 0 Å². The molecule has 1 aromatic rings. The SMILES string of the molecule is COC(=O)CCOCCOCCOCCOCCOCCOCCOCCOCCOCCOCCOCCOCCOS(=O)(=O)Cc1ccccc1. The molecule has 0 unspecified atom stereocenters.